The normalized spacial score (nSPS) is 17.7. The molecule has 0 aliphatic heterocycles. The number of hydrogen-bond acceptors (Lipinski definition) is 3. The van der Waals surface area contributed by atoms with Crippen LogP contribution in [0, 0.1) is 0 Å². The van der Waals surface area contributed by atoms with Crippen LogP contribution in [0.1, 0.15) is 44.4 Å². The summed E-state index contributed by atoms with van der Waals surface area (Å²) in [5, 5.41) is 6.19. The lowest BCUT2D eigenvalue weighted by molar-refractivity contribution is -0.124. The zero-order valence-electron chi connectivity index (χ0n) is 12.7. The van der Waals surface area contributed by atoms with E-state index in [2.05, 4.69) is 22.8 Å². The average Bonchev–Trinajstić information content (AvgIpc) is 2.76. The molecular weight excluding hydrogens is 252 g/mol. The number of carbonyl (C=O) groups is 1. The summed E-state index contributed by atoms with van der Waals surface area (Å²) in [5.74, 6) is 0.677. The highest BCUT2D eigenvalue weighted by atomic mass is 16.5. The summed E-state index contributed by atoms with van der Waals surface area (Å²) in [5.41, 5.74) is 2.44. The topological polar surface area (TPSA) is 50.4 Å². The number of carbonyl (C=O) groups excluding carboxylic acids is 1. The van der Waals surface area contributed by atoms with Gasteiger partial charge in [0, 0.05) is 11.6 Å². The molecule has 0 saturated carbocycles. The highest BCUT2D eigenvalue weighted by Crippen LogP contribution is 2.33. The van der Waals surface area contributed by atoms with Crippen molar-refractivity contribution in [3.05, 3.63) is 29.3 Å². The predicted molar refractivity (Wildman–Crippen MR) is 80.0 cm³/mol. The van der Waals surface area contributed by atoms with Gasteiger partial charge in [-0.3, -0.25) is 4.79 Å². The van der Waals surface area contributed by atoms with Crippen LogP contribution in [0.4, 0.5) is 0 Å². The zero-order chi connectivity index (χ0) is 14.8. The van der Waals surface area contributed by atoms with Crippen LogP contribution in [0.2, 0.25) is 0 Å². The molecule has 2 N–H and O–H groups in total. The molecule has 0 heterocycles. The van der Waals surface area contributed by atoms with Gasteiger partial charge in [0.25, 0.3) is 5.91 Å². The van der Waals surface area contributed by atoms with E-state index >= 15 is 0 Å². The summed E-state index contributed by atoms with van der Waals surface area (Å²) < 4.78 is 5.58. The first-order valence-electron chi connectivity index (χ1n) is 7.13. The number of amides is 1. The number of benzene rings is 1. The minimum absolute atomic E-state index is 0.0610. The standard InChI is InChI=1S/C16H24N2O2/c1-16(2,3)18-15(19)10-20-12-6-7-13-11(9-12)5-8-14(13)17-4/h6-7,9,14,17H,5,8,10H2,1-4H3,(H,18,19). The molecular formula is C16H24N2O2. The quantitative estimate of drug-likeness (QED) is 0.886. The zero-order valence-corrected chi connectivity index (χ0v) is 12.7. The minimum Gasteiger partial charge on any atom is -0.484 e. The third-order valence-electron chi connectivity index (χ3n) is 3.43. The molecule has 0 bridgehead atoms. The van der Waals surface area contributed by atoms with Crippen molar-refractivity contribution in [3.63, 3.8) is 0 Å². The van der Waals surface area contributed by atoms with Crippen molar-refractivity contribution < 1.29 is 9.53 Å². The highest BCUT2D eigenvalue weighted by molar-refractivity contribution is 5.78. The van der Waals surface area contributed by atoms with Crippen molar-refractivity contribution in [2.24, 2.45) is 0 Å². The summed E-state index contributed by atoms with van der Waals surface area (Å²) in [6, 6.07) is 6.54. The lowest BCUT2D eigenvalue weighted by atomic mass is 10.1. The second-order valence-electron chi connectivity index (χ2n) is 6.33. The number of nitrogens with one attached hydrogen (secondary N) is 2. The monoisotopic (exact) mass is 276 g/mol. The van der Waals surface area contributed by atoms with Gasteiger partial charge in [0.1, 0.15) is 5.75 Å². The largest absolute Gasteiger partial charge is 0.484 e. The first-order chi connectivity index (χ1) is 9.39. The van der Waals surface area contributed by atoms with E-state index in [1.54, 1.807) is 0 Å². The fraction of sp³-hybridized carbons (Fsp3) is 0.562. The van der Waals surface area contributed by atoms with Crippen LogP contribution < -0.4 is 15.4 Å². The molecule has 20 heavy (non-hydrogen) atoms. The Bertz CT molecular complexity index is 492. The molecule has 4 nitrogen and oxygen atoms in total. The summed E-state index contributed by atoms with van der Waals surface area (Å²) in [6.45, 7) is 5.93. The summed E-state index contributed by atoms with van der Waals surface area (Å²) >= 11 is 0. The van der Waals surface area contributed by atoms with Crippen molar-refractivity contribution in [1.29, 1.82) is 0 Å². The third kappa shape index (κ3) is 3.73. The summed E-state index contributed by atoms with van der Waals surface area (Å²) in [6.07, 6.45) is 2.19. The Morgan fingerprint density at radius 2 is 2.15 bits per heavy atom. The number of rotatable bonds is 4. The number of hydrogen-bond donors (Lipinski definition) is 2. The number of fused-ring (bicyclic) bond motifs is 1. The Kier molecular flexibility index (Phi) is 4.33. The molecule has 110 valence electrons. The second-order valence-corrected chi connectivity index (χ2v) is 6.33. The number of ether oxygens (including phenoxy) is 1. The van der Waals surface area contributed by atoms with Gasteiger partial charge in [-0.1, -0.05) is 6.07 Å². The van der Waals surface area contributed by atoms with E-state index in [0.717, 1.165) is 18.6 Å². The molecule has 0 radical (unpaired) electrons. The Balaban J connectivity index is 1.94. The fourth-order valence-electron chi connectivity index (χ4n) is 2.59. The molecule has 0 fully saturated rings. The lowest BCUT2D eigenvalue weighted by Gasteiger charge is -2.20. The first-order valence-corrected chi connectivity index (χ1v) is 7.13. The van der Waals surface area contributed by atoms with Crippen LogP contribution in [0.25, 0.3) is 0 Å². The van der Waals surface area contributed by atoms with Gasteiger partial charge >= 0.3 is 0 Å². The van der Waals surface area contributed by atoms with Gasteiger partial charge in [0.2, 0.25) is 0 Å². The smallest absolute Gasteiger partial charge is 0.258 e. The van der Waals surface area contributed by atoms with Crippen molar-refractivity contribution >= 4 is 5.91 Å². The maximum absolute atomic E-state index is 11.7. The second kappa shape index (κ2) is 5.83. The van der Waals surface area contributed by atoms with E-state index in [1.807, 2.05) is 33.9 Å². The van der Waals surface area contributed by atoms with Crippen molar-refractivity contribution in [1.82, 2.24) is 10.6 Å². The van der Waals surface area contributed by atoms with Gasteiger partial charge in [0.15, 0.2) is 6.61 Å². The van der Waals surface area contributed by atoms with Gasteiger partial charge in [-0.15, -0.1) is 0 Å². The van der Waals surface area contributed by atoms with E-state index in [9.17, 15) is 4.79 Å². The van der Waals surface area contributed by atoms with Crippen molar-refractivity contribution in [2.45, 2.75) is 45.2 Å². The molecule has 1 aliphatic rings. The van der Waals surface area contributed by atoms with E-state index in [1.165, 1.54) is 11.1 Å². The molecule has 4 heteroatoms. The SMILES string of the molecule is CNC1CCc2cc(OCC(=O)NC(C)(C)C)ccc21. The van der Waals surface area contributed by atoms with E-state index < -0.39 is 0 Å². The van der Waals surface area contributed by atoms with Crippen LogP contribution in [0.5, 0.6) is 5.75 Å². The molecule has 2 rings (SSSR count). The first kappa shape index (κ1) is 14.9. The van der Waals surface area contributed by atoms with E-state index in [4.69, 9.17) is 4.74 Å². The van der Waals surface area contributed by atoms with Gasteiger partial charge in [-0.2, -0.15) is 0 Å². The van der Waals surface area contributed by atoms with Gasteiger partial charge in [-0.25, -0.2) is 0 Å². The third-order valence-corrected chi connectivity index (χ3v) is 3.43. The summed E-state index contributed by atoms with van der Waals surface area (Å²) in [7, 11) is 1.99. The Morgan fingerprint density at radius 3 is 2.80 bits per heavy atom. The van der Waals surface area contributed by atoms with Crippen molar-refractivity contribution in [2.75, 3.05) is 13.7 Å². The maximum atomic E-state index is 11.7. The molecule has 1 atom stereocenters. The Hall–Kier alpha value is -1.55. The highest BCUT2D eigenvalue weighted by Gasteiger charge is 2.21. The van der Waals surface area contributed by atoms with Gasteiger partial charge < -0.3 is 15.4 Å². The molecule has 1 amide bonds. The molecule has 1 aromatic carbocycles. The minimum atomic E-state index is -0.224. The molecule has 0 saturated heterocycles. The Labute approximate surface area is 120 Å². The van der Waals surface area contributed by atoms with Gasteiger partial charge in [-0.05, 0) is 63.9 Å². The van der Waals surface area contributed by atoms with Crippen LogP contribution >= 0.6 is 0 Å². The van der Waals surface area contributed by atoms with Crippen LogP contribution in [0.3, 0.4) is 0 Å². The van der Waals surface area contributed by atoms with Crippen molar-refractivity contribution in [3.8, 4) is 5.75 Å². The molecule has 0 spiro atoms. The maximum Gasteiger partial charge on any atom is 0.258 e. The average molecular weight is 276 g/mol. The van der Waals surface area contributed by atoms with Crippen LogP contribution in [-0.2, 0) is 11.2 Å². The van der Waals surface area contributed by atoms with E-state index in [0.29, 0.717) is 6.04 Å². The van der Waals surface area contributed by atoms with Crippen LogP contribution in [0.15, 0.2) is 18.2 Å². The molecule has 1 aliphatic carbocycles. The Morgan fingerprint density at radius 1 is 1.40 bits per heavy atom. The molecule has 0 aromatic heterocycles. The fourth-order valence-corrected chi connectivity index (χ4v) is 2.59. The summed E-state index contributed by atoms with van der Waals surface area (Å²) in [4.78, 5) is 11.7. The molecule has 1 unspecified atom stereocenters. The predicted octanol–water partition coefficient (Wildman–Crippen LogP) is 2.19. The lowest BCUT2D eigenvalue weighted by Crippen LogP contribution is -2.43. The van der Waals surface area contributed by atoms with Gasteiger partial charge in [0.05, 0.1) is 0 Å². The number of aryl methyl sites for hydroxylation is 1. The molecule has 1 aromatic rings. The van der Waals surface area contributed by atoms with Crippen LogP contribution in [-0.4, -0.2) is 25.1 Å². The van der Waals surface area contributed by atoms with E-state index in [-0.39, 0.29) is 18.1 Å².